The van der Waals surface area contributed by atoms with Crippen molar-refractivity contribution in [2.45, 2.75) is 6.54 Å². The third-order valence-electron chi connectivity index (χ3n) is 3.63. The average molecular weight is 295 g/mol. The minimum Gasteiger partial charge on any atom is -0.379 e. The molecule has 7 heteroatoms. The summed E-state index contributed by atoms with van der Waals surface area (Å²) in [5.41, 5.74) is -0.186. The van der Waals surface area contributed by atoms with Crippen molar-refractivity contribution in [2.75, 3.05) is 32.8 Å². The van der Waals surface area contributed by atoms with Crippen molar-refractivity contribution in [2.24, 2.45) is 0 Å². The van der Waals surface area contributed by atoms with Gasteiger partial charge in [0.25, 0.3) is 5.56 Å². The van der Waals surface area contributed by atoms with Crippen LogP contribution >= 0.6 is 0 Å². The Labute approximate surface area is 119 Å². The number of hydrogen-bond acceptors (Lipinski definition) is 4. The fraction of sp³-hybridized carbons (Fsp3) is 0.429. The van der Waals surface area contributed by atoms with Gasteiger partial charge in [0.15, 0.2) is 11.6 Å². The van der Waals surface area contributed by atoms with E-state index in [1.165, 1.54) is 10.9 Å². The summed E-state index contributed by atoms with van der Waals surface area (Å²) in [5.74, 6) is -2.03. The molecule has 0 N–H and O–H groups in total. The Kier molecular flexibility index (Phi) is 3.94. The van der Waals surface area contributed by atoms with Crippen molar-refractivity contribution in [1.29, 1.82) is 0 Å². The maximum Gasteiger partial charge on any atom is 0.261 e. The van der Waals surface area contributed by atoms with E-state index < -0.39 is 11.6 Å². The molecule has 0 saturated carbocycles. The number of rotatable bonds is 3. The molecule has 2 heterocycles. The number of morpholine rings is 1. The predicted molar refractivity (Wildman–Crippen MR) is 73.2 cm³/mol. The fourth-order valence-electron chi connectivity index (χ4n) is 2.39. The molecule has 0 atom stereocenters. The van der Waals surface area contributed by atoms with Gasteiger partial charge in [0.05, 0.1) is 30.4 Å². The molecule has 0 aliphatic carbocycles. The Balaban J connectivity index is 1.84. The summed E-state index contributed by atoms with van der Waals surface area (Å²) in [6.45, 7) is 4.19. The predicted octanol–water partition coefficient (Wildman–Crippen LogP) is 1.01. The molecule has 1 fully saturated rings. The highest BCUT2D eigenvalue weighted by Crippen LogP contribution is 2.13. The lowest BCUT2D eigenvalue weighted by Gasteiger charge is -2.26. The summed E-state index contributed by atoms with van der Waals surface area (Å²) < 4.78 is 33.1. The van der Waals surface area contributed by atoms with Gasteiger partial charge in [-0.3, -0.25) is 14.3 Å². The standard InChI is InChI=1S/C14H15F2N3O2/c15-11-7-10-13(8-12(11)16)17-9-19(14(10)20)2-1-18-3-5-21-6-4-18/h7-9H,1-6H2. The largest absolute Gasteiger partial charge is 0.379 e. The molecule has 21 heavy (non-hydrogen) atoms. The van der Waals surface area contributed by atoms with Crippen molar-refractivity contribution in [3.8, 4) is 0 Å². The van der Waals surface area contributed by atoms with Gasteiger partial charge in [0.1, 0.15) is 0 Å². The minimum atomic E-state index is -1.03. The average Bonchev–Trinajstić information content (AvgIpc) is 2.50. The van der Waals surface area contributed by atoms with Crippen LogP contribution in [-0.2, 0) is 11.3 Å². The first-order valence-corrected chi connectivity index (χ1v) is 6.79. The highest BCUT2D eigenvalue weighted by atomic mass is 19.2. The number of benzene rings is 1. The molecule has 0 amide bonds. The first-order chi connectivity index (χ1) is 10.1. The number of halogens is 2. The second-order valence-electron chi connectivity index (χ2n) is 4.98. The van der Waals surface area contributed by atoms with Gasteiger partial charge >= 0.3 is 0 Å². The molecule has 112 valence electrons. The number of hydrogen-bond donors (Lipinski definition) is 0. The molecule has 1 aliphatic heterocycles. The van der Waals surface area contributed by atoms with E-state index >= 15 is 0 Å². The topological polar surface area (TPSA) is 47.4 Å². The molecule has 0 spiro atoms. The Bertz CT molecular complexity index is 711. The third kappa shape index (κ3) is 2.93. The van der Waals surface area contributed by atoms with Crippen LogP contribution in [0.2, 0.25) is 0 Å². The van der Waals surface area contributed by atoms with Crippen LogP contribution < -0.4 is 5.56 Å². The summed E-state index contributed by atoms with van der Waals surface area (Å²) in [4.78, 5) is 18.5. The van der Waals surface area contributed by atoms with E-state index in [-0.39, 0.29) is 16.5 Å². The van der Waals surface area contributed by atoms with Crippen LogP contribution in [0.15, 0.2) is 23.3 Å². The molecule has 1 aliphatic rings. The first kappa shape index (κ1) is 14.1. The second-order valence-corrected chi connectivity index (χ2v) is 4.98. The summed E-state index contributed by atoms with van der Waals surface area (Å²) in [6.07, 6.45) is 1.38. The Morgan fingerprint density at radius 2 is 1.86 bits per heavy atom. The van der Waals surface area contributed by atoms with Crippen molar-refractivity contribution in [3.63, 3.8) is 0 Å². The van der Waals surface area contributed by atoms with E-state index in [1.54, 1.807) is 0 Å². The SMILES string of the molecule is O=c1c2cc(F)c(F)cc2ncn1CCN1CCOCC1. The Hall–Kier alpha value is -1.86. The lowest BCUT2D eigenvalue weighted by atomic mass is 10.2. The summed E-state index contributed by atoms with van der Waals surface area (Å²) in [6, 6.07) is 1.85. The lowest BCUT2D eigenvalue weighted by molar-refractivity contribution is 0.0362. The van der Waals surface area contributed by atoms with Crippen molar-refractivity contribution in [1.82, 2.24) is 14.5 Å². The number of fused-ring (bicyclic) bond motifs is 1. The van der Waals surface area contributed by atoms with E-state index in [4.69, 9.17) is 4.74 Å². The summed E-state index contributed by atoms with van der Waals surface area (Å²) in [7, 11) is 0. The summed E-state index contributed by atoms with van der Waals surface area (Å²) in [5, 5.41) is 0.0957. The zero-order valence-corrected chi connectivity index (χ0v) is 11.4. The number of aromatic nitrogens is 2. The molecule has 0 radical (unpaired) electrons. The smallest absolute Gasteiger partial charge is 0.261 e. The van der Waals surface area contributed by atoms with Crippen LogP contribution in [0.3, 0.4) is 0 Å². The molecule has 0 bridgehead atoms. The molecular formula is C14H15F2N3O2. The molecule has 3 rings (SSSR count). The van der Waals surface area contributed by atoms with Gasteiger partial charge in [-0.15, -0.1) is 0 Å². The van der Waals surface area contributed by atoms with Gasteiger partial charge in [-0.05, 0) is 6.07 Å². The van der Waals surface area contributed by atoms with Crippen LogP contribution in [-0.4, -0.2) is 47.3 Å². The normalized spacial score (nSPS) is 16.5. The van der Waals surface area contributed by atoms with Gasteiger partial charge in [0.2, 0.25) is 0 Å². The molecule has 1 aromatic heterocycles. The third-order valence-corrected chi connectivity index (χ3v) is 3.63. The quantitative estimate of drug-likeness (QED) is 0.848. The fourth-order valence-corrected chi connectivity index (χ4v) is 2.39. The molecule has 2 aromatic rings. The van der Waals surface area contributed by atoms with Crippen molar-refractivity contribution < 1.29 is 13.5 Å². The van der Waals surface area contributed by atoms with E-state index in [9.17, 15) is 13.6 Å². The Morgan fingerprint density at radius 1 is 1.14 bits per heavy atom. The second kappa shape index (κ2) is 5.87. The highest BCUT2D eigenvalue weighted by molar-refractivity contribution is 5.77. The highest BCUT2D eigenvalue weighted by Gasteiger charge is 2.12. The van der Waals surface area contributed by atoms with Gasteiger partial charge in [0, 0.05) is 32.2 Å². The van der Waals surface area contributed by atoms with Gasteiger partial charge in [-0.2, -0.15) is 0 Å². The zero-order chi connectivity index (χ0) is 14.8. The monoisotopic (exact) mass is 295 g/mol. The first-order valence-electron chi connectivity index (χ1n) is 6.79. The van der Waals surface area contributed by atoms with Gasteiger partial charge in [-0.1, -0.05) is 0 Å². The lowest BCUT2D eigenvalue weighted by Crippen LogP contribution is -2.39. The van der Waals surface area contributed by atoms with Crippen LogP contribution in [0.5, 0.6) is 0 Å². The van der Waals surface area contributed by atoms with E-state index in [1.807, 2.05) is 0 Å². The molecule has 1 aromatic carbocycles. The van der Waals surface area contributed by atoms with Crippen LogP contribution in [0.1, 0.15) is 0 Å². The number of ether oxygens (including phenoxy) is 1. The maximum absolute atomic E-state index is 13.3. The summed E-state index contributed by atoms with van der Waals surface area (Å²) >= 11 is 0. The van der Waals surface area contributed by atoms with Crippen LogP contribution in [0, 0.1) is 11.6 Å². The molecule has 5 nitrogen and oxygen atoms in total. The van der Waals surface area contributed by atoms with E-state index in [0.717, 1.165) is 25.2 Å². The van der Waals surface area contributed by atoms with E-state index in [2.05, 4.69) is 9.88 Å². The molecular weight excluding hydrogens is 280 g/mol. The van der Waals surface area contributed by atoms with Crippen molar-refractivity contribution in [3.05, 3.63) is 40.4 Å². The minimum absolute atomic E-state index is 0.0957. The zero-order valence-electron chi connectivity index (χ0n) is 11.4. The maximum atomic E-state index is 13.3. The Morgan fingerprint density at radius 3 is 2.62 bits per heavy atom. The van der Waals surface area contributed by atoms with E-state index in [0.29, 0.717) is 26.3 Å². The van der Waals surface area contributed by atoms with Gasteiger partial charge < -0.3 is 4.74 Å². The number of nitrogens with zero attached hydrogens (tertiary/aromatic N) is 3. The molecule has 0 unspecified atom stereocenters. The molecule has 1 saturated heterocycles. The van der Waals surface area contributed by atoms with Crippen LogP contribution in [0.25, 0.3) is 10.9 Å². The van der Waals surface area contributed by atoms with Gasteiger partial charge in [-0.25, -0.2) is 13.8 Å². The van der Waals surface area contributed by atoms with Crippen molar-refractivity contribution >= 4 is 10.9 Å². The van der Waals surface area contributed by atoms with Crippen LogP contribution in [0.4, 0.5) is 8.78 Å².